The summed E-state index contributed by atoms with van der Waals surface area (Å²) >= 11 is 0. The lowest BCUT2D eigenvalue weighted by atomic mass is 9.72. The van der Waals surface area contributed by atoms with Crippen molar-refractivity contribution >= 4 is 85.0 Å². The molecule has 1 rings (SSSR count). The Morgan fingerprint density at radius 3 is 0.873 bits per heavy atom. The highest BCUT2D eigenvalue weighted by Gasteiger charge is 2.69. The minimum absolute atomic E-state index is 0.00300. The number of ether oxygens (including phenoxy) is 10. The van der Waals surface area contributed by atoms with E-state index >= 15 is 18.3 Å². The van der Waals surface area contributed by atoms with Gasteiger partial charge in [0.25, 0.3) is 0 Å². The molecule has 456 valence electrons. The van der Waals surface area contributed by atoms with E-state index in [1.54, 1.807) is 0 Å². The van der Waals surface area contributed by atoms with Gasteiger partial charge in [0.2, 0.25) is 54.3 Å². The SMILES string of the molecule is CCCO[C@H]1[C@H](OP(=O)(OCOC(C)=O)OCOC(C)=O)[C@@H](OP(=O)(OCOC(C)=O)OCOC(C)=O)[C@H](OP(=O)(OCOC(C)=O)OCOC(C)=O)[C@@H](OP(=O)(OCOC(C)=O)OCOC(C)=O)[C@@]1(CCC)OC(=O)CCC. The summed E-state index contributed by atoms with van der Waals surface area (Å²) in [6.45, 7) is 0.229. The van der Waals surface area contributed by atoms with Crippen LogP contribution in [0.25, 0.3) is 0 Å². The molecule has 6 atom stereocenters. The number of carbonyl (C=O) groups excluding carboxylic acids is 9. The van der Waals surface area contributed by atoms with Crippen LogP contribution in [0, 0.1) is 0 Å². The van der Waals surface area contributed by atoms with E-state index < -0.39 is 195 Å². The molecule has 0 heterocycles. The van der Waals surface area contributed by atoms with Gasteiger partial charge in [-0.3, -0.25) is 61.2 Å². The fraction of sp³-hybridized carbons (Fsp3) is 0.775. The first-order valence-electron chi connectivity index (χ1n) is 23.1. The summed E-state index contributed by atoms with van der Waals surface area (Å²) < 4.78 is 178. The molecule has 1 fully saturated rings. The van der Waals surface area contributed by atoms with Gasteiger partial charge in [-0.05, 0) is 19.3 Å². The fourth-order valence-electron chi connectivity index (χ4n) is 5.91. The van der Waals surface area contributed by atoms with E-state index in [9.17, 15) is 43.2 Å². The molecule has 0 radical (unpaired) electrons. The van der Waals surface area contributed by atoms with E-state index in [0.717, 1.165) is 55.4 Å². The summed E-state index contributed by atoms with van der Waals surface area (Å²) in [5.41, 5.74) is -2.90. The van der Waals surface area contributed by atoms with Gasteiger partial charge in [0.05, 0.1) is 0 Å². The summed E-state index contributed by atoms with van der Waals surface area (Å²) in [7, 11) is -23.2. The average molecular weight is 1230 g/mol. The third-order valence-electron chi connectivity index (χ3n) is 8.89. The van der Waals surface area contributed by atoms with Crippen molar-refractivity contribution in [1.29, 1.82) is 0 Å². The zero-order chi connectivity index (χ0) is 60.0. The van der Waals surface area contributed by atoms with Crippen molar-refractivity contribution in [2.75, 3.05) is 61.0 Å². The largest absolute Gasteiger partial charge is 0.481 e. The molecule has 35 nitrogen and oxygen atoms in total. The van der Waals surface area contributed by atoms with Crippen molar-refractivity contribution in [3.05, 3.63) is 0 Å². The highest BCUT2D eigenvalue weighted by molar-refractivity contribution is 7.49. The molecule has 0 aromatic carbocycles. The number of phosphoric ester groups is 4. The van der Waals surface area contributed by atoms with Gasteiger partial charge in [-0.1, -0.05) is 27.2 Å². The molecule has 0 N–H and O–H groups in total. The molecule has 0 saturated heterocycles. The maximum atomic E-state index is 15.2. The molecule has 0 unspecified atom stereocenters. The molecule has 1 aliphatic rings. The van der Waals surface area contributed by atoms with Crippen molar-refractivity contribution in [2.24, 2.45) is 0 Å². The van der Waals surface area contributed by atoms with E-state index in [1.165, 1.54) is 20.8 Å². The van der Waals surface area contributed by atoms with Gasteiger partial charge in [-0.15, -0.1) is 0 Å². The van der Waals surface area contributed by atoms with Crippen molar-refractivity contribution < 1.29 is 163 Å². The third-order valence-corrected chi connectivity index (χ3v) is 14.3. The quantitative estimate of drug-likeness (QED) is 0.0339. The van der Waals surface area contributed by atoms with Crippen LogP contribution in [0.4, 0.5) is 0 Å². The van der Waals surface area contributed by atoms with Crippen LogP contribution in [0.1, 0.15) is 108 Å². The second-order valence-corrected chi connectivity index (χ2v) is 21.8. The summed E-state index contributed by atoms with van der Waals surface area (Å²) in [5.74, 6) is -9.79. The van der Waals surface area contributed by atoms with Crippen LogP contribution in [0.5, 0.6) is 0 Å². The molecule has 0 bridgehead atoms. The number of hydrogen-bond acceptors (Lipinski definition) is 35. The topological polar surface area (TPSA) is 425 Å². The summed E-state index contributed by atoms with van der Waals surface area (Å²) in [6.07, 6.45) is -14.9. The minimum Gasteiger partial charge on any atom is -0.453 e. The van der Waals surface area contributed by atoms with Gasteiger partial charge in [-0.2, -0.15) is 0 Å². The summed E-state index contributed by atoms with van der Waals surface area (Å²) in [6, 6.07) is 0. The van der Waals surface area contributed by atoms with Crippen LogP contribution in [-0.2, 0) is 163 Å². The zero-order valence-electron chi connectivity index (χ0n) is 44.9. The lowest BCUT2D eigenvalue weighted by Gasteiger charge is -2.55. The van der Waals surface area contributed by atoms with Crippen molar-refractivity contribution in [2.45, 2.75) is 144 Å². The zero-order valence-corrected chi connectivity index (χ0v) is 48.4. The number of phosphoric acid groups is 4. The highest BCUT2D eigenvalue weighted by Crippen LogP contribution is 2.64. The van der Waals surface area contributed by atoms with Crippen molar-refractivity contribution in [1.82, 2.24) is 0 Å². The first-order valence-corrected chi connectivity index (χ1v) is 29.0. The van der Waals surface area contributed by atoms with Gasteiger partial charge < -0.3 is 47.4 Å². The Morgan fingerprint density at radius 1 is 0.354 bits per heavy atom. The van der Waals surface area contributed by atoms with Crippen LogP contribution in [0.2, 0.25) is 0 Å². The molecule has 0 amide bonds. The van der Waals surface area contributed by atoms with Gasteiger partial charge >= 0.3 is 85.0 Å². The van der Waals surface area contributed by atoms with E-state index in [1.807, 2.05) is 0 Å². The molecule has 0 spiro atoms. The predicted molar refractivity (Wildman–Crippen MR) is 250 cm³/mol. The van der Waals surface area contributed by atoms with E-state index in [-0.39, 0.29) is 19.3 Å². The summed E-state index contributed by atoms with van der Waals surface area (Å²) in [5, 5.41) is 0. The molecular weight excluding hydrogens is 1160 g/mol. The van der Waals surface area contributed by atoms with Gasteiger partial charge in [0, 0.05) is 68.4 Å². The maximum absolute atomic E-state index is 15.2. The first kappa shape index (κ1) is 72.6. The van der Waals surface area contributed by atoms with E-state index in [0.29, 0.717) is 0 Å². The Morgan fingerprint density at radius 2 is 0.620 bits per heavy atom. The Balaban J connectivity index is 5.15. The number of esters is 9. The second kappa shape index (κ2) is 36.2. The van der Waals surface area contributed by atoms with Crippen LogP contribution in [0.3, 0.4) is 0 Å². The van der Waals surface area contributed by atoms with E-state index in [4.69, 9.17) is 102 Å². The number of rotatable bonds is 40. The molecule has 1 aliphatic carbocycles. The smallest absolute Gasteiger partial charge is 0.453 e. The molecule has 0 aromatic heterocycles. The van der Waals surface area contributed by atoms with Crippen molar-refractivity contribution in [3.8, 4) is 0 Å². The molecule has 0 aromatic rings. The Bertz CT molecular complexity index is 2130. The molecule has 1 saturated carbocycles. The second-order valence-electron chi connectivity index (χ2n) is 15.3. The Hall–Kier alpha value is -4.37. The predicted octanol–water partition coefficient (Wildman–Crippen LogP) is 4.95. The van der Waals surface area contributed by atoms with Gasteiger partial charge in [0.1, 0.15) is 30.5 Å². The van der Waals surface area contributed by atoms with Gasteiger partial charge in [0.15, 0.2) is 5.60 Å². The molecule has 0 aliphatic heterocycles. The Labute approximate surface area is 452 Å². The number of hydrogen-bond donors (Lipinski definition) is 0. The maximum Gasteiger partial charge on any atom is 0.481 e. The van der Waals surface area contributed by atoms with Crippen LogP contribution in [-0.4, -0.2) is 151 Å². The molecular formula is C40H66O35P4. The van der Waals surface area contributed by atoms with Crippen molar-refractivity contribution in [3.63, 3.8) is 0 Å². The van der Waals surface area contributed by atoms with E-state index in [2.05, 4.69) is 0 Å². The minimum atomic E-state index is -5.86. The number of carbonyl (C=O) groups is 9. The highest BCUT2D eigenvalue weighted by atomic mass is 31.2. The van der Waals surface area contributed by atoms with Crippen LogP contribution in [0.15, 0.2) is 0 Å². The lowest BCUT2D eigenvalue weighted by Crippen LogP contribution is -2.74. The monoisotopic (exact) mass is 1230 g/mol. The molecule has 79 heavy (non-hydrogen) atoms. The lowest BCUT2D eigenvalue weighted by molar-refractivity contribution is -0.279. The fourth-order valence-corrected chi connectivity index (χ4v) is 10.3. The first-order chi connectivity index (χ1) is 36.9. The third kappa shape index (κ3) is 28.3. The van der Waals surface area contributed by atoms with Gasteiger partial charge in [-0.25, -0.2) is 54.5 Å². The normalized spacial score (nSPS) is 19.5. The summed E-state index contributed by atoms with van der Waals surface area (Å²) in [4.78, 5) is 110. The van der Waals surface area contributed by atoms with Crippen LogP contribution >= 0.6 is 31.3 Å². The average Bonchev–Trinajstić information content (AvgIpc) is 3.32. The standard InChI is InChI=1S/C40H66O35P4/c1-12-15-34(49)71-40(16-13-2)38(54-17-14-3)36(73-77(51,65-20-57-28(6)43)66-21-58-29(7)44)35(72-76(50,63-18-55-26(4)41)64-19-56-27(5)42)37(74-78(52,67-22-59-30(8)45)68-23-60-31(9)46)39(40)75-79(53,69-24-61-32(10)47)70-25-62-33(11)48/h35-39H,12-25H2,1-11H3/t35-,36-,37+,38+,39-,40+/m1/s1. The Kier molecular flexibility index (Phi) is 33.3. The molecule has 39 heteroatoms. The van der Waals surface area contributed by atoms with Crippen LogP contribution < -0.4 is 0 Å².